The second-order valence-electron chi connectivity index (χ2n) is 11.5. The van der Waals surface area contributed by atoms with Crippen molar-refractivity contribution in [1.82, 2.24) is 9.80 Å². The van der Waals surface area contributed by atoms with E-state index < -0.39 is 0 Å². The number of rotatable bonds is 12. The van der Waals surface area contributed by atoms with Crippen molar-refractivity contribution < 1.29 is 28.5 Å². The van der Waals surface area contributed by atoms with Crippen LogP contribution >= 0.6 is 12.4 Å². The molecule has 0 spiro atoms. The summed E-state index contributed by atoms with van der Waals surface area (Å²) in [7, 11) is 0. The molecule has 236 valence electrons. The Hall–Kier alpha value is -2.43. The van der Waals surface area contributed by atoms with Crippen LogP contribution in [0.4, 0.5) is 0 Å². The minimum Gasteiger partial charge on any atom is -0.464 e. The van der Waals surface area contributed by atoms with Gasteiger partial charge >= 0.3 is 0 Å². The van der Waals surface area contributed by atoms with Gasteiger partial charge in [0.2, 0.25) is 0 Å². The molecule has 6 rings (SSSR count). The molecule has 0 radical (unpaired) electrons. The zero-order valence-corrected chi connectivity index (χ0v) is 25.9. The smallest absolute Gasteiger partial charge is 0.133 e. The van der Waals surface area contributed by atoms with Gasteiger partial charge in [0.1, 0.15) is 11.2 Å². The average molecular weight is 615 g/mol. The molecule has 0 atom stereocenters. The van der Waals surface area contributed by atoms with E-state index in [1.807, 2.05) is 24.3 Å². The molecule has 2 aromatic heterocycles. The molecule has 0 bridgehead atoms. The summed E-state index contributed by atoms with van der Waals surface area (Å²) < 4.78 is 22.1. The van der Waals surface area contributed by atoms with E-state index in [1.54, 1.807) is 12.5 Å². The Morgan fingerprint density at radius 2 is 1.02 bits per heavy atom. The monoisotopic (exact) mass is 614 g/mol. The fraction of sp³-hybridized carbons (Fsp3) is 0.529. The number of hydrogen-bond acceptors (Lipinski definition) is 8. The van der Waals surface area contributed by atoms with E-state index in [-0.39, 0.29) is 24.6 Å². The van der Waals surface area contributed by atoms with Gasteiger partial charge in [0.05, 0.1) is 51.2 Å². The van der Waals surface area contributed by atoms with Crippen molar-refractivity contribution >= 4 is 34.3 Å². The number of nitrogens with zero attached hydrogens (tertiary/aromatic N) is 2. The zero-order valence-electron chi connectivity index (χ0n) is 25.1. The summed E-state index contributed by atoms with van der Waals surface area (Å²) in [5, 5.41) is 21.2. The largest absolute Gasteiger partial charge is 0.464 e. The van der Waals surface area contributed by atoms with Crippen molar-refractivity contribution in [3.63, 3.8) is 0 Å². The standard InChI is InChI=1S/2C17H23NO3.ClH/c2*19-16-3-7-18(8-4-16)9-12-20-10-5-14-1-2-17-15(13-14)6-11-21-17;/h2*1-2,6,11,13,16,19H,3-5,7-10,12H2;1H. The van der Waals surface area contributed by atoms with E-state index in [9.17, 15) is 10.2 Å². The molecule has 0 aliphatic carbocycles. The van der Waals surface area contributed by atoms with Gasteiger partial charge in [0.15, 0.2) is 0 Å². The molecule has 2 N–H and O–H groups in total. The fourth-order valence-corrected chi connectivity index (χ4v) is 5.60. The lowest BCUT2D eigenvalue weighted by Gasteiger charge is -2.29. The SMILES string of the molecule is Cl.OC1CCN(CCOCCc2ccc3occc3c2)CC1.OC1CCN(CCOCCc2ccc3occc3c2)CC1. The van der Waals surface area contributed by atoms with Crippen LogP contribution in [-0.4, -0.2) is 97.9 Å². The van der Waals surface area contributed by atoms with Crippen molar-refractivity contribution in [2.45, 2.75) is 50.7 Å². The molecule has 0 amide bonds. The van der Waals surface area contributed by atoms with Gasteiger partial charge in [-0.3, -0.25) is 0 Å². The van der Waals surface area contributed by atoms with Crippen molar-refractivity contribution in [1.29, 1.82) is 0 Å². The lowest BCUT2D eigenvalue weighted by Crippen LogP contribution is -2.37. The van der Waals surface area contributed by atoms with E-state index in [1.165, 1.54) is 11.1 Å². The summed E-state index contributed by atoms with van der Waals surface area (Å²) >= 11 is 0. The van der Waals surface area contributed by atoms with E-state index in [2.05, 4.69) is 34.1 Å². The quantitative estimate of drug-likeness (QED) is 0.207. The third kappa shape index (κ3) is 10.9. The summed E-state index contributed by atoms with van der Waals surface area (Å²) in [6.07, 6.45) is 8.69. The van der Waals surface area contributed by atoms with Gasteiger partial charge in [0, 0.05) is 50.0 Å². The molecule has 0 saturated carbocycles. The van der Waals surface area contributed by atoms with E-state index in [0.717, 1.165) is 126 Å². The van der Waals surface area contributed by atoms with Gasteiger partial charge in [-0.15, -0.1) is 12.4 Å². The highest BCUT2D eigenvalue weighted by Crippen LogP contribution is 2.18. The summed E-state index contributed by atoms with van der Waals surface area (Å²) in [4.78, 5) is 4.73. The summed E-state index contributed by atoms with van der Waals surface area (Å²) in [6.45, 7) is 8.92. The molecular weight excluding hydrogens is 568 g/mol. The number of halogens is 1. The lowest BCUT2D eigenvalue weighted by molar-refractivity contribution is 0.0564. The van der Waals surface area contributed by atoms with Crippen LogP contribution in [0, 0.1) is 0 Å². The number of hydrogen-bond donors (Lipinski definition) is 2. The van der Waals surface area contributed by atoms with Crippen molar-refractivity contribution in [3.8, 4) is 0 Å². The molecule has 2 fully saturated rings. The van der Waals surface area contributed by atoms with Gasteiger partial charge in [-0.1, -0.05) is 12.1 Å². The predicted octanol–water partition coefficient (Wildman–Crippen LogP) is 5.32. The Morgan fingerprint density at radius 1 is 0.605 bits per heavy atom. The Kier molecular flexibility index (Phi) is 13.8. The summed E-state index contributed by atoms with van der Waals surface area (Å²) in [6, 6.07) is 16.5. The minimum atomic E-state index is -0.0972. The maximum atomic E-state index is 9.46. The van der Waals surface area contributed by atoms with E-state index in [0.29, 0.717) is 0 Å². The number of aliphatic hydroxyl groups is 2. The first-order valence-electron chi connectivity index (χ1n) is 15.5. The van der Waals surface area contributed by atoms with Gasteiger partial charge < -0.3 is 38.3 Å². The maximum absolute atomic E-state index is 9.46. The highest BCUT2D eigenvalue weighted by atomic mass is 35.5. The first kappa shape index (κ1) is 33.5. The minimum absolute atomic E-state index is 0. The predicted molar refractivity (Wildman–Crippen MR) is 172 cm³/mol. The Bertz CT molecular complexity index is 1220. The normalized spacial score (nSPS) is 17.2. The topological polar surface area (TPSA) is 91.7 Å². The molecule has 2 aliphatic heterocycles. The first-order chi connectivity index (χ1) is 20.6. The van der Waals surface area contributed by atoms with Gasteiger partial charge in [-0.2, -0.15) is 0 Å². The van der Waals surface area contributed by atoms with Crippen LogP contribution in [0.2, 0.25) is 0 Å². The Balaban J connectivity index is 0.000000192. The molecule has 4 aromatic rings. The molecule has 2 saturated heterocycles. The number of benzene rings is 2. The van der Waals surface area contributed by atoms with Crippen LogP contribution in [0.5, 0.6) is 0 Å². The molecule has 4 heterocycles. The van der Waals surface area contributed by atoms with E-state index >= 15 is 0 Å². The Morgan fingerprint density at radius 3 is 1.44 bits per heavy atom. The van der Waals surface area contributed by atoms with Crippen molar-refractivity contribution in [3.05, 3.63) is 72.2 Å². The molecule has 2 aliphatic rings. The average Bonchev–Trinajstić information content (AvgIpc) is 3.68. The van der Waals surface area contributed by atoms with Gasteiger partial charge in [-0.25, -0.2) is 0 Å². The summed E-state index contributed by atoms with van der Waals surface area (Å²) in [5.74, 6) is 0. The fourth-order valence-electron chi connectivity index (χ4n) is 5.60. The molecule has 8 nitrogen and oxygen atoms in total. The molecule has 2 aromatic carbocycles. The van der Waals surface area contributed by atoms with Gasteiger partial charge in [-0.05, 0) is 86.1 Å². The highest BCUT2D eigenvalue weighted by Gasteiger charge is 2.17. The van der Waals surface area contributed by atoms with E-state index in [4.69, 9.17) is 18.3 Å². The van der Waals surface area contributed by atoms with Crippen LogP contribution in [0.3, 0.4) is 0 Å². The van der Waals surface area contributed by atoms with Crippen LogP contribution in [-0.2, 0) is 22.3 Å². The molecule has 0 unspecified atom stereocenters. The van der Waals surface area contributed by atoms with Gasteiger partial charge in [0.25, 0.3) is 0 Å². The molecule has 43 heavy (non-hydrogen) atoms. The third-order valence-corrected chi connectivity index (χ3v) is 8.32. The van der Waals surface area contributed by atoms with Crippen LogP contribution < -0.4 is 0 Å². The number of piperidine rings is 2. The van der Waals surface area contributed by atoms with Crippen molar-refractivity contribution in [2.24, 2.45) is 0 Å². The lowest BCUT2D eigenvalue weighted by atomic mass is 10.1. The molecular formula is C34H47ClN2O6. The highest BCUT2D eigenvalue weighted by molar-refractivity contribution is 5.85. The number of likely N-dealkylation sites (tertiary alicyclic amines) is 2. The number of fused-ring (bicyclic) bond motifs is 2. The van der Waals surface area contributed by atoms with Crippen LogP contribution in [0.25, 0.3) is 21.9 Å². The van der Waals surface area contributed by atoms with Crippen LogP contribution in [0.15, 0.2) is 69.9 Å². The van der Waals surface area contributed by atoms with Crippen molar-refractivity contribution in [2.75, 3.05) is 65.7 Å². The Labute approximate surface area is 260 Å². The second kappa shape index (κ2) is 17.8. The first-order valence-corrected chi connectivity index (χ1v) is 15.5. The summed E-state index contributed by atoms with van der Waals surface area (Å²) in [5.41, 5.74) is 4.44. The van der Waals surface area contributed by atoms with Crippen LogP contribution in [0.1, 0.15) is 36.8 Å². The number of furan rings is 2. The second-order valence-corrected chi connectivity index (χ2v) is 11.5. The molecule has 9 heteroatoms. The third-order valence-electron chi connectivity index (χ3n) is 8.32. The number of aliphatic hydroxyl groups excluding tert-OH is 2. The maximum Gasteiger partial charge on any atom is 0.133 e. The zero-order chi connectivity index (χ0) is 29.0. The number of ether oxygens (including phenoxy) is 2.